The summed E-state index contributed by atoms with van der Waals surface area (Å²) in [5, 5.41) is 5.91. The zero-order chi connectivity index (χ0) is 35.1. The molecule has 1 aromatic carbocycles. The number of hydrogen-bond acceptors (Lipinski definition) is 8. The van der Waals surface area contributed by atoms with E-state index in [1.165, 1.54) is 11.8 Å². The summed E-state index contributed by atoms with van der Waals surface area (Å²) in [7, 11) is 0. The number of hydrogen-bond donors (Lipinski definition) is 3. The summed E-state index contributed by atoms with van der Waals surface area (Å²) in [6.45, 7) is 17.1. The topological polar surface area (TPSA) is 150 Å². The van der Waals surface area contributed by atoms with Crippen molar-refractivity contribution in [1.29, 1.82) is 0 Å². The Morgan fingerprint density at radius 1 is 0.958 bits per heavy atom. The molecule has 0 bridgehead atoms. The van der Waals surface area contributed by atoms with E-state index >= 15 is 0 Å². The van der Waals surface area contributed by atoms with Crippen molar-refractivity contribution in [2.45, 2.75) is 78.4 Å². The number of rotatable bonds is 12. The van der Waals surface area contributed by atoms with Crippen molar-refractivity contribution >= 4 is 29.4 Å². The standard InChI is InChI=1S/C36H53N7O5/c1-35(2,3)27-12-9-25(10-13-27)22-39-33(46)28-8-7-15-43(28)34(47)31(36(4,5)6)40-30(44)24-48-21-20-41-16-18-42(19-17-41)29-14-11-26(23-38-29)32(37)45/h9-14,23,28,31H,7-8,15-22,24H2,1-6H3,(H2,37,45)(H,39,46)(H,40,44)/t28-,31+/m0/s1. The summed E-state index contributed by atoms with van der Waals surface area (Å²) >= 11 is 0. The van der Waals surface area contributed by atoms with Gasteiger partial charge in [-0.15, -0.1) is 0 Å². The lowest BCUT2D eigenvalue weighted by Gasteiger charge is -2.35. The van der Waals surface area contributed by atoms with Crippen LogP contribution >= 0.6 is 0 Å². The number of anilines is 1. The molecule has 0 radical (unpaired) electrons. The van der Waals surface area contributed by atoms with Crippen LogP contribution in [0.5, 0.6) is 0 Å². The SMILES string of the molecule is CC(C)(C)c1ccc(CNC(=O)[C@@H]2CCCN2C(=O)[C@@H](NC(=O)COCCN2CCN(c3ccc(C(N)=O)cn3)CC2)C(C)(C)C)cc1. The van der Waals surface area contributed by atoms with Gasteiger partial charge in [0.15, 0.2) is 0 Å². The lowest BCUT2D eigenvalue weighted by atomic mass is 9.85. The third-order valence-electron chi connectivity index (χ3n) is 9.06. The molecule has 0 aliphatic carbocycles. The van der Waals surface area contributed by atoms with Gasteiger partial charge in [-0.1, -0.05) is 65.8 Å². The Balaban J connectivity index is 1.21. The zero-order valence-electron chi connectivity index (χ0n) is 29.4. The number of nitrogens with one attached hydrogen (secondary N) is 2. The fourth-order valence-corrected chi connectivity index (χ4v) is 6.03. The van der Waals surface area contributed by atoms with Gasteiger partial charge in [0.1, 0.15) is 24.5 Å². The van der Waals surface area contributed by atoms with E-state index in [-0.39, 0.29) is 29.7 Å². The molecule has 48 heavy (non-hydrogen) atoms. The number of pyridine rings is 1. The quantitative estimate of drug-likeness (QED) is 0.293. The van der Waals surface area contributed by atoms with E-state index in [4.69, 9.17) is 10.5 Å². The van der Waals surface area contributed by atoms with E-state index < -0.39 is 23.4 Å². The number of ether oxygens (including phenoxy) is 1. The highest BCUT2D eigenvalue weighted by molar-refractivity contribution is 5.93. The van der Waals surface area contributed by atoms with Crippen molar-refractivity contribution in [3.63, 3.8) is 0 Å². The van der Waals surface area contributed by atoms with Crippen LogP contribution in [0, 0.1) is 5.41 Å². The maximum absolute atomic E-state index is 13.8. The van der Waals surface area contributed by atoms with Gasteiger partial charge in [-0.05, 0) is 46.9 Å². The van der Waals surface area contributed by atoms with Crippen LogP contribution < -0.4 is 21.3 Å². The second-order valence-electron chi connectivity index (χ2n) is 14.9. The van der Waals surface area contributed by atoms with Gasteiger partial charge in [-0.2, -0.15) is 0 Å². The summed E-state index contributed by atoms with van der Waals surface area (Å²) in [6, 6.07) is 10.3. The molecule has 2 aliphatic heterocycles. The Morgan fingerprint density at radius 2 is 1.65 bits per heavy atom. The fourth-order valence-electron chi connectivity index (χ4n) is 6.03. The Kier molecular flexibility index (Phi) is 12.2. The van der Waals surface area contributed by atoms with Crippen molar-refractivity contribution in [3.8, 4) is 0 Å². The van der Waals surface area contributed by atoms with Gasteiger partial charge in [0.2, 0.25) is 23.6 Å². The molecule has 3 heterocycles. The van der Waals surface area contributed by atoms with Gasteiger partial charge in [0, 0.05) is 52.0 Å². The number of carbonyl (C=O) groups excluding carboxylic acids is 4. The number of amides is 4. The first-order chi connectivity index (χ1) is 22.6. The van der Waals surface area contributed by atoms with E-state index in [1.807, 2.05) is 32.9 Å². The van der Waals surface area contributed by atoms with E-state index in [1.54, 1.807) is 17.0 Å². The lowest BCUT2D eigenvalue weighted by Crippen LogP contribution is -2.58. The molecule has 262 valence electrons. The van der Waals surface area contributed by atoms with Crippen LogP contribution in [0.25, 0.3) is 0 Å². The first-order valence-electron chi connectivity index (χ1n) is 16.9. The summed E-state index contributed by atoms with van der Waals surface area (Å²) in [4.78, 5) is 61.7. The zero-order valence-corrected chi connectivity index (χ0v) is 29.4. The Hall–Kier alpha value is -4.03. The monoisotopic (exact) mass is 663 g/mol. The fraction of sp³-hybridized carbons (Fsp3) is 0.583. The molecule has 1 aromatic heterocycles. The predicted octanol–water partition coefficient (Wildman–Crippen LogP) is 2.45. The van der Waals surface area contributed by atoms with Gasteiger partial charge >= 0.3 is 0 Å². The number of nitrogens with two attached hydrogens (primary N) is 1. The van der Waals surface area contributed by atoms with Gasteiger partial charge in [0.05, 0.1) is 12.2 Å². The number of aromatic nitrogens is 1. The molecular weight excluding hydrogens is 610 g/mol. The second kappa shape index (κ2) is 15.9. The van der Waals surface area contributed by atoms with Crippen LogP contribution in [-0.2, 0) is 31.1 Å². The third-order valence-corrected chi connectivity index (χ3v) is 9.06. The van der Waals surface area contributed by atoms with E-state index in [0.717, 1.165) is 44.0 Å². The smallest absolute Gasteiger partial charge is 0.250 e. The van der Waals surface area contributed by atoms with Crippen molar-refractivity contribution in [3.05, 3.63) is 59.3 Å². The molecule has 2 fully saturated rings. The Labute approximate surface area is 284 Å². The van der Waals surface area contributed by atoms with Crippen molar-refractivity contribution < 1.29 is 23.9 Å². The van der Waals surface area contributed by atoms with Crippen LogP contribution in [0.1, 0.15) is 75.9 Å². The number of benzene rings is 1. The van der Waals surface area contributed by atoms with Crippen LogP contribution in [0.3, 0.4) is 0 Å². The molecule has 4 rings (SSSR count). The number of likely N-dealkylation sites (tertiary alicyclic amines) is 1. The van der Waals surface area contributed by atoms with Crippen molar-refractivity contribution in [2.75, 3.05) is 57.4 Å². The van der Waals surface area contributed by atoms with Crippen LogP contribution in [0.2, 0.25) is 0 Å². The van der Waals surface area contributed by atoms with E-state index in [9.17, 15) is 19.2 Å². The molecule has 2 atom stereocenters. The highest BCUT2D eigenvalue weighted by Crippen LogP contribution is 2.26. The summed E-state index contributed by atoms with van der Waals surface area (Å²) in [5.41, 5.74) is 7.40. The molecule has 0 unspecified atom stereocenters. The molecule has 2 aliphatic rings. The minimum absolute atomic E-state index is 0.0535. The predicted molar refractivity (Wildman–Crippen MR) is 185 cm³/mol. The minimum atomic E-state index is -0.800. The van der Waals surface area contributed by atoms with E-state index in [0.29, 0.717) is 38.2 Å². The number of primary amides is 1. The Bertz CT molecular complexity index is 1410. The highest BCUT2D eigenvalue weighted by Gasteiger charge is 2.41. The van der Waals surface area contributed by atoms with Gasteiger partial charge in [0.25, 0.3) is 0 Å². The molecule has 2 saturated heterocycles. The van der Waals surface area contributed by atoms with Gasteiger partial charge < -0.3 is 30.9 Å². The molecule has 12 heteroatoms. The summed E-state index contributed by atoms with van der Waals surface area (Å²) < 4.78 is 5.71. The van der Waals surface area contributed by atoms with Gasteiger partial charge in [-0.3, -0.25) is 24.1 Å². The Morgan fingerprint density at radius 3 is 2.23 bits per heavy atom. The summed E-state index contributed by atoms with van der Waals surface area (Å²) in [5.74, 6) is -0.487. The van der Waals surface area contributed by atoms with Crippen LogP contribution in [-0.4, -0.2) is 103 Å². The first-order valence-corrected chi connectivity index (χ1v) is 16.9. The molecule has 0 saturated carbocycles. The second-order valence-corrected chi connectivity index (χ2v) is 14.9. The molecule has 4 amide bonds. The number of nitrogens with zero attached hydrogens (tertiary/aromatic N) is 4. The normalized spacial score (nSPS) is 18.0. The van der Waals surface area contributed by atoms with Crippen molar-refractivity contribution in [1.82, 2.24) is 25.4 Å². The summed E-state index contributed by atoms with van der Waals surface area (Å²) in [6.07, 6.45) is 2.81. The molecule has 2 aromatic rings. The van der Waals surface area contributed by atoms with E-state index in [2.05, 4.69) is 58.3 Å². The average Bonchev–Trinajstić information content (AvgIpc) is 3.54. The highest BCUT2D eigenvalue weighted by atomic mass is 16.5. The maximum Gasteiger partial charge on any atom is 0.250 e. The number of piperazine rings is 1. The molecular formula is C36H53N7O5. The molecule has 4 N–H and O–H groups in total. The third kappa shape index (κ3) is 9.99. The molecule has 12 nitrogen and oxygen atoms in total. The minimum Gasteiger partial charge on any atom is -0.370 e. The maximum atomic E-state index is 13.8. The average molecular weight is 664 g/mol. The molecule has 0 spiro atoms. The van der Waals surface area contributed by atoms with Crippen LogP contribution in [0.4, 0.5) is 5.82 Å². The first kappa shape index (κ1) is 36.8. The largest absolute Gasteiger partial charge is 0.370 e. The lowest BCUT2D eigenvalue weighted by molar-refractivity contribution is -0.144. The number of carbonyl (C=O) groups is 4. The van der Waals surface area contributed by atoms with Crippen molar-refractivity contribution in [2.24, 2.45) is 11.1 Å². The van der Waals surface area contributed by atoms with Gasteiger partial charge in [-0.25, -0.2) is 4.98 Å². The van der Waals surface area contributed by atoms with Crippen LogP contribution in [0.15, 0.2) is 42.6 Å².